The lowest BCUT2D eigenvalue weighted by Crippen LogP contribution is -2.53. The van der Waals surface area contributed by atoms with Gasteiger partial charge in [0.1, 0.15) is 0 Å². The third-order valence-electron chi connectivity index (χ3n) is 6.73. The molecule has 6 nitrogen and oxygen atoms in total. The molecule has 2 N–H and O–H groups in total. The first-order valence-corrected chi connectivity index (χ1v) is 9.81. The standard InChI is InChI=1S/C22H20N4O2/c27-21(25-17-6-4-13-7-9-24-18(13)11-17)22-16-5-3-14(10-16)19(22)20(26-28-22)15-2-1-8-23-12-15/h1-2,4,6-9,11-12,14,16,19,24H,3,5,10H2,(H,25,27)/t14-,16+,19-,22-/m1/s1. The molecule has 2 saturated carbocycles. The molecule has 0 spiro atoms. The van der Waals surface area contributed by atoms with E-state index in [4.69, 9.17) is 4.84 Å². The summed E-state index contributed by atoms with van der Waals surface area (Å²) in [4.78, 5) is 27.0. The van der Waals surface area contributed by atoms with Gasteiger partial charge in [0.25, 0.3) is 5.91 Å². The molecule has 28 heavy (non-hydrogen) atoms. The quantitative estimate of drug-likeness (QED) is 0.735. The fraction of sp³-hybridized carbons (Fsp3) is 0.318. The van der Waals surface area contributed by atoms with Gasteiger partial charge in [0.15, 0.2) is 0 Å². The van der Waals surface area contributed by atoms with Crippen molar-refractivity contribution in [2.24, 2.45) is 22.9 Å². The summed E-state index contributed by atoms with van der Waals surface area (Å²) >= 11 is 0. The number of rotatable bonds is 3. The van der Waals surface area contributed by atoms with E-state index in [-0.39, 0.29) is 17.7 Å². The third kappa shape index (κ3) is 2.06. The zero-order valence-corrected chi connectivity index (χ0v) is 15.3. The van der Waals surface area contributed by atoms with Crippen molar-refractivity contribution in [3.8, 4) is 0 Å². The van der Waals surface area contributed by atoms with Gasteiger partial charge in [-0.05, 0) is 60.9 Å². The summed E-state index contributed by atoms with van der Waals surface area (Å²) in [5.74, 6) is 0.542. The van der Waals surface area contributed by atoms with Crippen molar-refractivity contribution in [1.29, 1.82) is 0 Å². The van der Waals surface area contributed by atoms with Crippen LogP contribution in [-0.4, -0.2) is 27.2 Å². The molecule has 1 aromatic carbocycles. The topological polar surface area (TPSA) is 79.4 Å². The number of fused-ring (bicyclic) bond motifs is 6. The van der Waals surface area contributed by atoms with Crippen molar-refractivity contribution in [2.45, 2.75) is 24.9 Å². The largest absolute Gasteiger partial charge is 0.378 e. The first kappa shape index (κ1) is 15.9. The Bertz CT molecular complexity index is 1110. The monoisotopic (exact) mass is 372 g/mol. The van der Waals surface area contributed by atoms with Crippen molar-refractivity contribution in [1.82, 2.24) is 9.97 Å². The lowest BCUT2D eigenvalue weighted by atomic mass is 9.72. The van der Waals surface area contributed by atoms with Crippen LogP contribution in [0.1, 0.15) is 24.8 Å². The second-order valence-corrected chi connectivity index (χ2v) is 8.08. The number of oxime groups is 1. The molecule has 2 fully saturated rings. The Labute approximate surface area is 162 Å². The molecule has 2 bridgehead atoms. The predicted molar refractivity (Wildman–Crippen MR) is 106 cm³/mol. The van der Waals surface area contributed by atoms with Crippen LogP contribution in [0.25, 0.3) is 10.9 Å². The summed E-state index contributed by atoms with van der Waals surface area (Å²) in [5.41, 5.74) is 2.69. The Morgan fingerprint density at radius 3 is 3.11 bits per heavy atom. The van der Waals surface area contributed by atoms with Crippen LogP contribution >= 0.6 is 0 Å². The maximum atomic E-state index is 13.5. The average molecular weight is 372 g/mol. The van der Waals surface area contributed by atoms with E-state index in [1.165, 1.54) is 0 Å². The highest BCUT2D eigenvalue weighted by Gasteiger charge is 2.69. The predicted octanol–water partition coefficient (Wildman–Crippen LogP) is 3.72. The molecule has 2 aromatic heterocycles. The van der Waals surface area contributed by atoms with Crippen LogP contribution in [-0.2, 0) is 9.63 Å². The Morgan fingerprint density at radius 2 is 2.21 bits per heavy atom. The van der Waals surface area contributed by atoms with Crippen LogP contribution in [0.3, 0.4) is 0 Å². The van der Waals surface area contributed by atoms with E-state index < -0.39 is 5.60 Å². The molecule has 3 heterocycles. The average Bonchev–Trinajstić information content (AvgIpc) is 3.48. The van der Waals surface area contributed by atoms with E-state index in [1.54, 1.807) is 12.4 Å². The van der Waals surface area contributed by atoms with Gasteiger partial charge in [-0.1, -0.05) is 11.2 Å². The van der Waals surface area contributed by atoms with Gasteiger partial charge in [-0.2, -0.15) is 0 Å². The summed E-state index contributed by atoms with van der Waals surface area (Å²) in [5, 5.41) is 8.65. The summed E-state index contributed by atoms with van der Waals surface area (Å²) in [7, 11) is 0. The van der Waals surface area contributed by atoms with Gasteiger partial charge >= 0.3 is 0 Å². The van der Waals surface area contributed by atoms with Gasteiger partial charge in [-0.3, -0.25) is 9.78 Å². The first-order chi connectivity index (χ1) is 13.8. The van der Waals surface area contributed by atoms with Crippen LogP contribution in [0.2, 0.25) is 0 Å². The van der Waals surface area contributed by atoms with Crippen molar-refractivity contribution in [2.75, 3.05) is 5.32 Å². The maximum absolute atomic E-state index is 13.5. The van der Waals surface area contributed by atoms with E-state index in [2.05, 4.69) is 20.4 Å². The number of benzene rings is 1. The zero-order valence-electron chi connectivity index (χ0n) is 15.3. The molecule has 6 rings (SSSR count). The minimum absolute atomic E-state index is 0.00957. The van der Waals surface area contributed by atoms with Crippen molar-refractivity contribution in [3.63, 3.8) is 0 Å². The fourth-order valence-corrected chi connectivity index (χ4v) is 5.52. The molecule has 0 radical (unpaired) electrons. The number of aromatic amines is 1. The van der Waals surface area contributed by atoms with Crippen LogP contribution in [0.4, 0.5) is 5.69 Å². The van der Waals surface area contributed by atoms with E-state index in [0.717, 1.165) is 47.1 Å². The van der Waals surface area contributed by atoms with Gasteiger partial charge in [0, 0.05) is 41.3 Å². The van der Waals surface area contributed by atoms with Gasteiger partial charge in [-0.25, -0.2) is 0 Å². The normalized spacial score (nSPS) is 30.1. The molecular formula is C22H20N4O2. The van der Waals surface area contributed by atoms with Crippen molar-refractivity contribution in [3.05, 3.63) is 60.6 Å². The second-order valence-electron chi connectivity index (χ2n) is 8.08. The Hall–Kier alpha value is -3.15. The molecule has 1 aliphatic heterocycles. The number of pyridine rings is 1. The fourth-order valence-electron chi connectivity index (χ4n) is 5.52. The highest BCUT2D eigenvalue weighted by Crippen LogP contribution is 2.60. The molecule has 1 amide bonds. The number of anilines is 1. The summed E-state index contributed by atoms with van der Waals surface area (Å²) < 4.78 is 0. The zero-order chi connectivity index (χ0) is 18.7. The highest BCUT2D eigenvalue weighted by atomic mass is 16.7. The molecule has 4 atom stereocenters. The van der Waals surface area contributed by atoms with E-state index >= 15 is 0 Å². The molecule has 0 saturated heterocycles. The van der Waals surface area contributed by atoms with E-state index in [1.807, 2.05) is 42.6 Å². The minimum atomic E-state index is -0.904. The SMILES string of the molecule is O=C(Nc1ccc2cc[nH]c2c1)[C@]12ON=C(c3cccnc3)[C@H]1[C@@H]1CC[C@H]2C1. The van der Waals surface area contributed by atoms with Crippen molar-refractivity contribution >= 4 is 28.2 Å². The number of H-pyrrole nitrogens is 1. The maximum Gasteiger partial charge on any atom is 0.272 e. The molecule has 140 valence electrons. The molecule has 3 aliphatic rings. The number of aromatic nitrogens is 2. The second kappa shape index (κ2) is 5.67. The number of amides is 1. The Kier molecular flexibility index (Phi) is 3.21. The van der Waals surface area contributed by atoms with Gasteiger partial charge in [0.05, 0.1) is 11.6 Å². The van der Waals surface area contributed by atoms with Gasteiger partial charge < -0.3 is 15.1 Å². The number of nitrogens with one attached hydrogen (secondary N) is 2. The number of carbonyl (C=O) groups is 1. The van der Waals surface area contributed by atoms with Crippen LogP contribution in [0, 0.1) is 17.8 Å². The lowest BCUT2D eigenvalue weighted by molar-refractivity contribution is -0.149. The third-order valence-corrected chi connectivity index (χ3v) is 6.73. The van der Waals surface area contributed by atoms with E-state index in [0.29, 0.717) is 5.92 Å². The summed E-state index contributed by atoms with van der Waals surface area (Å²) in [6, 6.07) is 11.8. The minimum Gasteiger partial charge on any atom is -0.378 e. The van der Waals surface area contributed by atoms with Crippen molar-refractivity contribution < 1.29 is 9.63 Å². The lowest BCUT2D eigenvalue weighted by Gasteiger charge is -2.35. The number of nitrogens with zero attached hydrogens (tertiary/aromatic N) is 2. The van der Waals surface area contributed by atoms with Gasteiger partial charge in [-0.15, -0.1) is 0 Å². The highest BCUT2D eigenvalue weighted by molar-refractivity contribution is 6.10. The Balaban J connectivity index is 1.35. The summed E-state index contributed by atoms with van der Waals surface area (Å²) in [6.07, 6.45) is 8.61. The number of carbonyl (C=O) groups excluding carboxylic acids is 1. The first-order valence-electron chi connectivity index (χ1n) is 9.81. The van der Waals surface area contributed by atoms with Crippen LogP contribution in [0.15, 0.2) is 60.1 Å². The van der Waals surface area contributed by atoms with Gasteiger partial charge in [0.2, 0.25) is 5.60 Å². The molecular weight excluding hydrogens is 352 g/mol. The molecule has 2 aliphatic carbocycles. The van der Waals surface area contributed by atoms with Crippen LogP contribution in [0.5, 0.6) is 0 Å². The van der Waals surface area contributed by atoms with Crippen LogP contribution < -0.4 is 5.32 Å². The molecule has 3 aromatic rings. The number of hydrogen-bond acceptors (Lipinski definition) is 4. The molecule has 0 unspecified atom stereocenters. The Morgan fingerprint density at radius 1 is 1.25 bits per heavy atom. The van der Waals surface area contributed by atoms with E-state index in [9.17, 15) is 4.79 Å². The summed E-state index contributed by atoms with van der Waals surface area (Å²) in [6.45, 7) is 0. The number of hydrogen-bond donors (Lipinski definition) is 2. The molecule has 6 heteroatoms. The smallest absolute Gasteiger partial charge is 0.272 e.